The Morgan fingerprint density at radius 3 is 2.53 bits per heavy atom. The second-order valence-corrected chi connectivity index (χ2v) is 4.44. The maximum atomic E-state index is 10.7. The van der Waals surface area contributed by atoms with Crippen molar-refractivity contribution in [3.05, 3.63) is 33.9 Å². The molecule has 0 aliphatic rings. The van der Waals surface area contributed by atoms with Gasteiger partial charge in [0, 0.05) is 17.3 Å². The van der Waals surface area contributed by atoms with Crippen molar-refractivity contribution < 1.29 is 10.0 Å². The summed E-state index contributed by atoms with van der Waals surface area (Å²) in [5.74, 6) is 0.287. The van der Waals surface area contributed by atoms with Gasteiger partial charge in [0.15, 0.2) is 0 Å². The molecule has 0 aliphatic heterocycles. The first-order valence-electron chi connectivity index (χ1n) is 5.58. The van der Waals surface area contributed by atoms with Crippen molar-refractivity contribution in [1.29, 1.82) is 0 Å². The van der Waals surface area contributed by atoms with Crippen LogP contribution in [0.15, 0.2) is 18.2 Å². The predicted molar refractivity (Wildman–Crippen MR) is 67.2 cm³/mol. The number of rotatable bonds is 5. The Morgan fingerprint density at radius 1 is 1.47 bits per heavy atom. The summed E-state index contributed by atoms with van der Waals surface area (Å²) in [6.07, 6.45) is 0. The lowest BCUT2D eigenvalue weighted by atomic mass is 10.0. The molecular weight excluding hydrogens is 220 g/mol. The Morgan fingerprint density at radius 2 is 2.12 bits per heavy atom. The molecular formula is C12H18N2O3. The normalized spacial score (nSPS) is 12.5. The molecule has 0 amide bonds. The fourth-order valence-electron chi connectivity index (χ4n) is 1.59. The molecule has 0 aliphatic carbocycles. The first-order chi connectivity index (χ1) is 7.95. The fourth-order valence-corrected chi connectivity index (χ4v) is 1.59. The summed E-state index contributed by atoms with van der Waals surface area (Å²) in [6, 6.07) is 4.82. The van der Waals surface area contributed by atoms with E-state index in [0.717, 1.165) is 5.69 Å². The Bertz CT molecular complexity index is 405. The number of anilines is 1. The highest BCUT2D eigenvalue weighted by atomic mass is 16.6. The van der Waals surface area contributed by atoms with Gasteiger partial charge < -0.3 is 10.4 Å². The third-order valence-corrected chi connectivity index (χ3v) is 2.75. The van der Waals surface area contributed by atoms with Gasteiger partial charge in [-0.1, -0.05) is 13.8 Å². The molecule has 0 saturated heterocycles. The van der Waals surface area contributed by atoms with Crippen LogP contribution in [0.1, 0.15) is 19.4 Å². The van der Waals surface area contributed by atoms with E-state index in [1.54, 1.807) is 19.1 Å². The SMILES string of the molecule is Cc1cc(N[C@H](CO)C(C)C)ccc1[N+](=O)[O-]. The van der Waals surface area contributed by atoms with E-state index in [2.05, 4.69) is 5.32 Å². The van der Waals surface area contributed by atoms with Crippen LogP contribution in [0, 0.1) is 23.0 Å². The molecule has 0 fully saturated rings. The van der Waals surface area contributed by atoms with Crippen LogP contribution in [0.3, 0.4) is 0 Å². The lowest BCUT2D eigenvalue weighted by Crippen LogP contribution is -2.29. The van der Waals surface area contributed by atoms with E-state index in [4.69, 9.17) is 0 Å². The highest BCUT2D eigenvalue weighted by Crippen LogP contribution is 2.22. The smallest absolute Gasteiger partial charge is 0.272 e. The zero-order valence-corrected chi connectivity index (χ0v) is 10.3. The Kier molecular flexibility index (Phi) is 4.45. The van der Waals surface area contributed by atoms with Gasteiger partial charge >= 0.3 is 0 Å². The zero-order valence-electron chi connectivity index (χ0n) is 10.3. The van der Waals surface area contributed by atoms with Gasteiger partial charge in [0.05, 0.1) is 17.6 Å². The van der Waals surface area contributed by atoms with Gasteiger partial charge in [-0.05, 0) is 25.0 Å². The van der Waals surface area contributed by atoms with Gasteiger partial charge in [-0.25, -0.2) is 0 Å². The van der Waals surface area contributed by atoms with Crippen LogP contribution in [0.2, 0.25) is 0 Å². The molecule has 0 saturated carbocycles. The third-order valence-electron chi connectivity index (χ3n) is 2.75. The summed E-state index contributed by atoms with van der Waals surface area (Å²) in [5.41, 5.74) is 1.52. The third kappa shape index (κ3) is 3.42. The Hall–Kier alpha value is -1.62. The van der Waals surface area contributed by atoms with Crippen molar-refractivity contribution in [2.75, 3.05) is 11.9 Å². The molecule has 1 rings (SSSR count). The summed E-state index contributed by atoms with van der Waals surface area (Å²) in [6.45, 7) is 5.75. The quantitative estimate of drug-likeness (QED) is 0.609. The first kappa shape index (κ1) is 13.4. The van der Waals surface area contributed by atoms with E-state index in [1.807, 2.05) is 13.8 Å². The first-order valence-corrected chi connectivity index (χ1v) is 5.58. The topological polar surface area (TPSA) is 75.4 Å². The van der Waals surface area contributed by atoms with E-state index in [-0.39, 0.29) is 24.3 Å². The van der Waals surface area contributed by atoms with Crippen LogP contribution < -0.4 is 5.32 Å². The number of aliphatic hydroxyl groups is 1. The van der Waals surface area contributed by atoms with Crippen LogP contribution in [-0.4, -0.2) is 22.7 Å². The Balaban J connectivity index is 2.87. The molecule has 1 aromatic rings. The van der Waals surface area contributed by atoms with Crippen molar-refractivity contribution in [2.24, 2.45) is 5.92 Å². The number of hydrogen-bond acceptors (Lipinski definition) is 4. The average molecular weight is 238 g/mol. The molecule has 0 bridgehead atoms. The molecule has 2 N–H and O–H groups in total. The standard InChI is InChI=1S/C12H18N2O3/c1-8(2)11(7-15)13-10-4-5-12(14(16)17)9(3)6-10/h4-6,8,11,13,15H,7H2,1-3H3/t11-/m1/s1. The molecule has 0 spiro atoms. The van der Waals surface area contributed by atoms with Crippen LogP contribution in [0.4, 0.5) is 11.4 Å². The van der Waals surface area contributed by atoms with Crippen LogP contribution in [0.5, 0.6) is 0 Å². The van der Waals surface area contributed by atoms with Gasteiger partial charge in [0.2, 0.25) is 0 Å². The monoisotopic (exact) mass is 238 g/mol. The lowest BCUT2D eigenvalue weighted by Gasteiger charge is -2.21. The number of nitrogens with one attached hydrogen (secondary N) is 1. The summed E-state index contributed by atoms with van der Waals surface area (Å²) in [7, 11) is 0. The number of hydrogen-bond donors (Lipinski definition) is 2. The number of aryl methyl sites for hydroxylation is 1. The summed E-state index contributed by atoms with van der Waals surface area (Å²) in [5, 5.41) is 23.0. The van der Waals surface area contributed by atoms with Gasteiger partial charge in [-0.3, -0.25) is 10.1 Å². The van der Waals surface area contributed by atoms with Gasteiger partial charge in [-0.15, -0.1) is 0 Å². The second kappa shape index (κ2) is 5.63. The van der Waals surface area contributed by atoms with Crippen molar-refractivity contribution in [3.63, 3.8) is 0 Å². The maximum Gasteiger partial charge on any atom is 0.272 e. The molecule has 1 aromatic carbocycles. The zero-order chi connectivity index (χ0) is 13.0. The van der Waals surface area contributed by atoms with Crippen LogP contribution >= 0.6 is 0 Å². The Labute approximate surface area is 101 Å². The lowest BCUT2D eigenvalue weighted by molar-refractivity contribution is -0.385. The molecule has 0 aromatic heterocycles. The molecule has 1 atom stereocenters. The maximum absolute atomic E-state index is 10.7. The number of nitro benzene ring substituents is 1. The van der Waals surface area contributed by atoms with Gasteiger partial charge in [-0.2, -0.15) is 0 Å². The van der Waals surface area contributed by atoms with Gasteiger partial charge in [0.25, 0.3) is 5.69 Å². The van der Waals surface area contributed by atoms with E-state index >= 15 is 0 Å². The predicted octanol–water partition coefficient (Wildman–Crippen LogP) is 2.33. The van der Waals surface area contributed by atoms with Crippen molar-refractivity contribution >= 4 is 11.4 Å². The van der Waals surface area contributed by atoms with Crippen molar-refractivity contribution in [3.8, 4) is 0 Å². The average Bonchev–Trinajstić information content (AvgIpc) is 2.24. The molecule has 94 valence electrons. The van der Waals surface area contributed by atoms with Crippen molar-refractivity contribution in [2.45, 2.75) is 26.8 Å². The number of nitrogens with zero attached hydrogens (tertiary/aromatic N) is 1. The van der Waals surface area contributed by atoms with E-state index in [1.165, 1.54) is 6.07 Å². The van der Waals surface area contributed by atoms with Crippen LogP contribution in [0.25, 0.3) is 0 Å². The minimum atomic E-state index is -0.398. The summed E-state index contributed by atoms with van der Waals surface area (Å²) >= 11 is 0. The summed E-state index contributed by atoms with van der Waals surface area (Å²) in [4.78, 5) is 10.3. The van der Waals surface area contributed by atoms with E-state index in [9.17, 15) is 15.2 Å². The molecule has 0 radical (unpaired) electrons. The van der Waals surface area contributed by atoms with Crippen molar-refractivity contribution in [1.82, 2.24) is 0 Å². The molecule has 5 nitrogen and oxygen atoms in total. The molecule has 17 heavy (non-hydrogen) atoms. The molecule has 5 heteroatoms. The minimum Gasteiger partial charge on any atom is -0.394 e. The fraction of sp³-hybridized carbons (Fsp3) is 0.500. The van der Waals surface area contributed by atoms with Crippen LogP contribution in [-0.2, 0) is 0 Å². The largest absolute Gasteiger partial charge is 0.394 e. The second-order valence-electron chi connectivity index (χ2n) is 4.44. The number of benzene rings is 1. The highest BCUT2D eigenvalue weighted by molar-refractivity contribution is 5.54. The number of aliphatic hydroxyl groups excluding tert-OH is 1. The molecule has 0 unspecified atom stereocenters. The summed E-state index contributed by atoms with van der Waals surface area (Å²) < 4.78 is 0. The van der Waals surface area contributed by atoms with Gasteiger partial charge in [0.1, 0.15) is 0 Å². The van der Waals surface area contributed by atoms with E-state index in [0.29, 0.717) is 5.56 Å². The minimum absolute atomic E-state index is 0.0354. The number of nitro groups is 1. The highest BCUT2D eigenvalue weighted by Gasteiger charge is 2.14. The van der Waals surface area contributed by atoms with E-state index < -0.39 is 4.92 Å². The molecule has 0 heterocycles.